The molecule has 1 heterocycles. The van der Waals surface area contributed by atoms with Crippen LogP contribution in [0.3, 0.4) is 0 Å². The molecular formula is C38H44N4O7. The summed E-state index contributed by atoms with van der Waals surface area (Å²) in [5, 5.41) is 9.16. The van der Waals surface area contributed by atoms with E-state index in [0.29, 0.717) is 19.4 Å². The summed E-state index contributed by atoms with van der Waals surface area (Å²) >= 11 is 0. The highest BCUT2D eigenvalue weighted by molar-refractivity contribution is 5.91. The van der Waals surface area contributed by atoms with Crippen molar-refractivity contribution in [2.24, 2.45) is 0 Å². The maximum Gasteiger partial charge on any atom is 0.407 e. The van der Waals surface area contributed by atoms with Crippen molar-refractivity contribution in [1.82, 2.24) is 20.9 Å². The molecule has 1 aromatic heterocycles. The minimum absolute atomic E-state index is 0.0827. The Balaban J connectivity index is 1.25. The number of unbranched alkanes of at least 4 members (excludes halogenated alkanes) is 1. The van der Waals surface area contributed by atoms with Crippen LogP contribution in [0.25, 0.3) is 22.0 Å². The number of para-hydroxylation sites is 1. The van der Waals surface area contributed by atoms with Gasteiger partial charge in [0, 0.05) is 36.0 Å². The van der Waals surface area contributed by atoms with Gasteiger partial charge in [0.1, 0.15) is 24.3 Å². The quantitative estimate of drug-likeness (QED) is 0.0780. The summed E-state index contributed by atoms with van der Waals surface area (Å²) in [6, 6.07) is 21.7. The second-order valence-electron chi connectivity index (χ2n) is 13.1. The topological polar surface area (TPSA) is 148 Å². The molecule has 0 aliphatic heterocycles. The van der Waals surface area contributed by atoms with Gasteiger partial charge >= 0.3 is 18.2 Å². The lowest BCUT2D eigenvalue weighted by Gasteiger charge is -2.23. The van der Waals surface area contributed by atoms with Crippen molar-refractivity contribution in [3.05, 3.63) is 95.7 Å². The fourth-order valence-electron chi connectivity index (χ4n) is 6.16. The minimum Gasteiger partial charge on any atom is -0.467 e. The third-order valence-electron chi connectivity index (χ3n) is 8.44. The summed E-state index contributed by atoms with van der Waals surface area (Å²) < 4.78 is 16.0. The SMILES string of the molecule is COC(=O)[C@H](Cc1c[nH]c2ccccc12)NC(=O)C(CCCCNC(=O)OC(C)(C)C)NC(=O)OCC1c2ccccc2-c2ccccc21. The fraction of sp³-hybridized carbons (Fsp3) is 0.368. The number of hydrogen-bond donors (Lipinski definition) is 4. The molecule has 258 valence electrons. The predicted molar refractivity (Wildman–Crippen MR) is 186 cm³/mol. The Morgan fingerprint density at radius 3 is 2.14 bits per heavy atom. The normalized spacial score (nSPS) is 13.5. The number of rotatable bonds is 13. The maximum atomic E-state index is 13.7. The van der Waals surface area contributed by atoms with Gasteiger partial charge in [-0.25, -0.2) is 14.4 Å². The summed E-state index contributed by atoms with van der Waals surface area (Å²) in [5.41, 5.74) is 5.47. The van der Waals surface area contributed by atoms with Crippen molar-refractivity contribution < 1.29 is 33.4 Å². The molecule has 5 rings (SSSR count). The van der Waals surface area contributed by atoms with E-state index < -0.39 is 41.7 Å². The molecule has 0 saturated heterocycles. The monoisotopic (exact) mass is 668 g/mol. The summed E-state index contributed by atoms with van der Waals surface area (Å²) in [4.78, 5) is 55.1. The Morgan fingerprint density at radius 1 is 0.816 bits per heavy atom. The Kier molecular flexibility index (Phi) is 11.2. The first-order valence-corrected chi connectivity index (χ1v) is 16.6. The van der Waals surface area contributed by atoms with Crippen LogP contribution in [0.2, 0.25) is 0 Å². The Morgan fingerprint density at radius 2 is 1.47 bits per heavy atom. The molecule has 1 aliphatic carbocycles. The average molecular weight is 669 g/mol. The number of esters is 1. The molecule has 0 bridgehead atoms. The molecule has 0 spiro atoms. The first kappa shape index (κ1) is 35.0. The van der Waals surface area contributed by atoms with Crippen molar-refractivity contribution in [3.8, 4) is 11.1 Å². The average Bonchev–Trinajstić information content (AvgIpc) is 3.63. The van der Waals surface area contributed by atoms with Crippen molar-refractivity contribution in [1.29, 1.82) is 0 Å². The van der Waals surface area contributed by atoms with E-state index in [1.165, 1.54) is 7.11 Å². The molecule has 3 amide bonds. The molecular weight excluding hydrogens is 624 g/mol. The number of benzene rings is 3. The van der Waals surface area contributed by atoms with Gasteiger partial charge in [0.15, 0.2) is 0 Å². The number of carbonyl (C=O) groups is 4. The van der Waals surface area contributed by atoms with Crippen LogP contribution in [0.1, 0.15) is 62.6 Å². The lowest BCUT2D eigenvalue weighted by atomic mass is 9.98. The first-order chi connectivity index (χ1) is 23.5. The van der Waals surface area contributed by atoms with Crippen molar-refractivity contribution >= 4 is 35.0 Å². The van der Waals surface area contributed by atoms with Crippen LogP contribution >= 0.6 is 0 Å². The lowest BCUT2D eigenvalue weighted by molar-refractivity contribution is -0.145. The number of nitrogens with one attached hydrogen (secondary N) is 4. The molecule has 49 heavy (non-hydrogen) atoms. The second kappa shape index (κ2) is 15.7. The highest BCUT2D eigenvalue weighted by Crippen LogP contribution is 2.44. The van der Waals surface area contributed by atoms with Gasteiger partial charge in [-0.05, 0) is 73.9 Å². The van der Waals surface area contributed by atoms with Crippen LogP contribution in [-0.4, -0.2) is 67.0 Å². The van der Waals surface area contributed by atoms with Crippen molar-refractivity contribution in [2.45, 2.75) is 70.1 Å². The third kappa shape index (κ3) is 8.98. The van der Waals surface area contributed by atoms with Crippen LogP contribution in [0.5, 0.6) is 0 Å². The number of carbonyl (C=O) groups excluding carboxylic acids is 4. The molecule has 0 fully saturated rings. The van der Waals surface area contributed by atoms with Gasteiger partial charge in [-0.15, -0.1) is 0 Å². The molecule has 3 aromatic carbocycles. The number of ether oxygens (including phenoxy) is 3. The number of amides is 3. The van der Waals surface area contributed by atoms with Crippen molar-refractivity contribution in [3.63, 3.8) is 0 Å². The fourth-order valence-corrected chi connectivity index (χ4v) is 6.16. The standard InChI is InChI=1S/C38H44N4O7/c1-38(2,3)49-36(45)39-20-12-11-19-32(34(43)41-33(35(44)47-4)21-24-22-40-31-18-10-9-13-25(24)31)42-37(46)48-23-30-28-16-7-5-14-26(28)27-15-6-8-17-29(27)30/h5-10,13-18,22,30,32-33,40H,11-12,19-21,23H2,1-4H3,(H,39,45)(H,41,43)(H,42,46)/t32?,33-/m0/s1. The molecule has 11 nitrogen and oxygen atoms in total. The number of aromatic nitrogens is 1. The van der Waals surface area contributed by atoms with Crippen LogP contribution in [0.4, 0.5) is 9.59 Å². The molecule has 0 saturated carbocycles. The van der Waals surface area contributed by atoms with Crippen LogP contribution in [0, 0.1) is 0 Å². The molecule has 1 aliphatic rings. The van der Waals surface area contributed by atoms with Gasteiger partial charge in [0.2, 0.25) is 5.91 Å². The summed E-state index contributed by atoms with van der Waals surface area (Å²) in [5.74, 6) is -1.31. The van der Waals surface area contributed by atoms with E-state index in [-0.39, 0.29) is 25.4 Å². The summed E-state index contributed by atoms with van der Waals surface area (Å²) in [6.45, 7) is 5.75. The Hall–Kier alpha value is -5.32. The van der Waals surface area contributed by atoms with Crippen molar-refractivity contribution in [2.75, 3.05) is 20.3 Å². The summed E-state index contributed by atoms with van der Waals surface area (Å²) in [7, 11) is 1.26. The molecule has 11 heteroatoms. The number of alkyl carbamates (subject to hydrolysis) is 2. The van der Waals surface area contributed by atoms with E-state index >= 15 is 0 Å². The minimum atomic E-state index is -1.02. The van der Waals surface area contributed by atoms with E-state index in [1.807, 2.05) is 60.7 Å². The zero-order valence-electron chi connectivity index (χ0n) is 28.3. The zero-order chi connectivity index (χ0) is 35.0. The largest absolute Gasteiger partial charge is 0.467 e. The van der Waals surface area contributed by atoms with E-state index in [4.69, 9.17) is 14.2 Å². The van der Waals surface area contributed by atoms with Gasteiger partial charge in [0.05, 0.1) is 7.11 Å². The summed E-state index contributed by atoms with van der Waals surface area (Å²) in [6.07, 6.45) is 1.93. The number of fused-ring (bicyclic) bond motifs is 4. The Bertz CT molecular complexity index is 1750. The predicted octanol–water partition coefficient (Wildman–Crippen LogP) is 5.97. The lowest BCUT2D eigenvalue weighted by Crippen LogP contribution is -2.52. The van der Waals surface area contributed by atoms with Gasteiger partial charge in [-0.2, -0.15) is 0 Å². The highest BCUT2D eigenvalue weighted by atomic mass is 16.6. The molecule has 0 radical (unpaired) electrons. The molecule has 2 atom stereocenters. The van der Waals surface area contributed by atoms with Gasteiger partial charge in [-0.3, -0.25) is 4.79 Å². The van der Waals surface area contributed by atoms with Crippen LogP contribution < -0.4 is 16.0 Å². The van der Waals surface area contributed by atoms with Crippen LogP contribution in [0.15, 0.2) is 79.0 Å². The third-order valence-corrected chi connectivity index (χ3v) is 8.44. The first-order valence-electron chi connectivity index (χ1n) is 16.6. The number of aromatic amines is 1. The second-order valence-corrected chi connectivity index (χ2v) is 13.1. The molecule has 4 N–H and O–H groups in total. The van der Waals surface area contributed by atoms with Crippen LogP contribution in [-0.2, 0) is 30.2 Å². The number of methoxy groups -OCH3 is 1. The van der Waals surface area contributed by atoms with E-state index in [0.717, 1.165) is 38.7 Å². The highest BCUT2D eigenvalue weighted by Gasteiger charge is 2.31. The zero-order valence-corrected chi connectivity index (χ0v) is 28.3. The van der Waals surface area contributed by atoms with E-state index in [2.05, 4.69) is 33.1 Å². The van der Waals surface area contributed by atoms with Gasteiger partial charge in [-0.1, -0.05) is 66.7 Å². The number of hydrogen-bond acceptors (Lipinski definition) is 7. The molecule has 4 aromatic rings. The van der Waals surface area contributed by atoms with Gasteiger partial charge in [0.25, 0.3) is 0 Å². The smallest absolute Gasteiger partial charge is 0.407 e. The Labute approximate surface area is 286 Å². The van der Waals surface area contributed by atoms with Gasteiger partial charge < -0.3 is 35.1 Å². The van der Waals surface area contributed by atoms with E-state index in [9.17, 15) is 19.2 Å². The maximum absolute atomic E-state index is 13.7. The molecule has 1 unspecified atom stereocenters. The van der Waals surface area contributed by atoms with E-state index in [1.54, 1.807) is 27.0 Å². The number of H-pyrrole nitrogens is 1.